The molecule has 33 heavy (non-hydrogen) atoms. The second kappa shape index (κ2) is 11.8. The molecule has 3 aliphatic heterocycles. The first-order valence-corrected chi connectivity index (χ1v) is 14.7. The van der Waals surface area contributed by atoms with Crippen LogP contribution >= 0.6 is 0 Å². The Kier molecular flexibility index (Phi) is 9.06. The van der Waals surface area contributed by atoms with E-state index in [1.807, 2.05) is 0 Å². The van der Waals surface area contributed by atoms with Gasteiger partial charge >= 0.3 is 0 Å². The highest BCUT2D eigenvalue weighted by Crippen LogP contribution is 2.31. The normalized spacial score (nSPS) is 34.2. The molecule has 0 radical (unpaired) electrons. The molecule has 3 saturated heterocycles. The van der Waals surface area contributed by atoms with Crippen molar-refractivity contribution in [1.29, 1.82) is 0 Å². The molecule has 8 nitrogen and oxygen atoms in total. The molecule has 0 aromatic rings. The van der Waals surface area contributed by atoms with Crippen molar-refractivity contribution in [3.63, 3.8) is 0 Å². The van der Waals surface area contributed by atoms with Crippen LogP contribution in [0.4, 0.5) is 0 Å². The van der Waals surface area contributed by atoms with Crippen molar-refractivity contribution in [2.24, 2.45) is 11.8 Å². The van der Waals surface area contributed by atoms with E-state index in [2.05, 4.69) is 16.0 Å². The second-order valence-electron chi connectivity index (χ2n) is 10.6. The van der Waals surface area contributed by atoms with E-state index in [9.17, 15) is 13.2 Å². The van der Waals surface area contributed by atoms with Gasteiger partial charge in [-0.15, -0.1) is 0 Å². The summed E-state index contributed by atoms with van der Waals surface area (Å²) in [5.74, 6) is 1.34. The summed E-state index contributed by atoms with van der Waals surface area (Å²) in [7, 11) is -1.46. The van der Waals surface area contributed by atoms with Gasteiger partial charge in [0.2, 0.25) is 15.9 Å². The molecule has 3 heterocycles. The first kappa shape index (κ1) is 25.4. The van der Waals surface area contributed by atoms with E-state index in [-0.39, 0.29) is 23.3 Å². The summed E-state index contributed by atoms with van der Waals surface area (Å²) in [5.41, 5.74) is 0. The zero-order valence-corrected chi connectivity index (χ0v) is 21.1. The Balaban J connectivity index is 1.08. The number of rotatable bonds is 9. The van der Waals surface area contributed by atoms with Crippen LogP contribution in [0.3, 0.4) is 0 Å². The maximum absolute atomic E-state index is 13.0. The minimum atomic E-state index is -3.17. The molecule has 0 aromatic carbocycles. The van der Waals surface area contributed by atoms with Crippen molar-refractivity contribution in [2.75, 3.05) is 39.8 Å². The topological polar surface area (TPSA) is 99.8 Å². The molecule has 4 fully saturated rings. The average Bonchev–Trinajstić information content (AvgIpc) is 3.28. The van der Waals surface area contributed by atoms with Crippen LogP contribution in [0.15, 0.2) is 0 Å². The van der Waals surface area contributed by atoms with Crippen LogP contribution in [0.25, 0.3) is 0 Å². The Morgan fingerprint density at radius 2 is 1.82 bits per heavy atom. The third kappa shape index (κ3) is 6.48. The van der Waals surface area contributed by atoms with E-state index in [1.54, 1.807) is 11.4 Å². The highest BCUT2D eigenvalue weighted by Gasteiger charge is 2.38. The zero-order valence-electron chi connectivity index (χ0n) is 20.3. The maximum Gasteiger partial charge on any atom is 0.237 e. The predicted molar refractivity (Wildman–Crippen MR) is 129 cm³/mol. The Morgan fingerprint density at radius 1 is 1.06 bits per heavy atom. The van der Waals surface area contributed by atoms with Gasteiger partial charge in [-0.2, -0.15) is 0 Å². The smallest absolute Gasteiger partial charge is 0.237 e. The summed E-state index contributed by atoms with van der Waals surface area (Å²) in [6.07, 6.45) is 10.6. The number of nitrogens with zero attached hydrogens (tertiary/aromatic N) is 1. The number of piperidine rings is 2. The standard InChI is InChI=1S/C24H44N4O4S/c1-32-20-5-7-21(8-6-20)33(30,31)28-14-10-18(11-15-28)4-2-3-12-26-24(29)23-16-19-17-25-13-9-22(19)27-23/h18-23,25,27H,2-17H2,1H3,(H,26,29). The number of nitrogens with one attached hydrogen (secondary N) is 3. The molecule has 0 bridgehead atoms. The van der Waals surface area contributed by atoms with Crippen LogP contribution < -0.4 is 16.0 Å². The predicted octanol–water partition coefficient (Wildman–Crippen LogP) is 1.61. The number of sulfonamides is 1. The number of fused-ring (bicyclic) bond motifs is 1. The van der Waals surface area contributed by atoms with Crippen molar-refractivity contribution in [3.8, 4) is 0 Å². The summed E-state index contributed by atoms with van der Waals surface area (Å²) >= 11 is 0. The van der Waals surface area contributed by atoms with E-state index < -0.39 is 10.0 Å². The van der Waals surface area contributed by atoms with Gasteiger partial charge in [-0.05, 0) is 82.7 Å². The number of hydrogen-bond donors (Lipinski definition) is 3. The lowest BCUT2D eigenvalue weighted by molar-refractivity contribution is -0.122. The molecule has 3 atom stereocenters. The van der Waals surface area contributed by atoms with Gasteiger partial charge in [0.25, 0.3) is 0 Å². The Labute approximate surface area is 200 Å². The highest BCUT2D eigenvalue weighted by molar-refractivity contribution is 7.89. The number of ether oxygens (including phenoxy) is 1. The Morgan fingerprint density at radius 3 is 2.52 bits per heavy atom. The average molecular weight is 485 g/mol. The number of carbonyl (C=O) groups excluding carboxylic acids is 1. The van der Waals surface area contributed by atoms with Crippen LogP contribution in [0.2, 0.25) is 0 Å². The van der Waals surface area contributed by atoms with Crippen LogP contribution in [0, 0.1) is 11.8 Å². The van der Waals surface area contributed by atoms with Crippen molar-refractivity contribution in [2.45, 2.75) is 94.1 Å². The maximum atomic E-state index is 13.0. The van der Waals surface area contributed by atoms with Crippen molar-refractivity contribution >= 4 is 15.9 Å². The molecule has 4 rings (SSSR count). The molecule has 1 amide bonds. The van der Waals surface area contributed by atoms with E-state index in [0.29, 0.717) is 31.0 Å². The Hall–Kier alpha value is -0.740. The van der Waals surface area contributed by atoms with Crippen molar-refractivity contribution < 1.29 is 17.9 Å². The lowest BCUT2D eigenvalue weighted by Crippen LogP contribution is -2.45. The van der Waals surface area contributed by atoms with Crippen LogP contribution in [0.1, 0.15) is 70.6 Å². The molecule has 190 valence electrons. The number of carbonyl (C=O) groups is 1. The van der Waals surface area contributed by atoms with E-state index in [4.69, 9.17) is 4.74 Å². The van der Waals surface area contributed by atoms with Gasteiger partial charge in [0.15, 0.2) is 0 Å². The Bertz CT molecular complexity index is 719. The second-order valence-corrected chi connectivity index (χ2v) is 12.8. The van der Waals surface area contributed by atoms with E-state index >= 15 is 0 Å². The molecule has 1 aliphatic carbocycles. The number of hydrogen-bond acceptors (Lipinski definition) is 6. The zero-order chi connectivity index (χ0) is 23.3. The molecule has 1 saturated carbocycles. The molecule has 3 N–H and O–H groups in total. The SMILES string of the molecule is COC1CCC(S(=O)(=O)N2CCC(CCCCNC(=O)C3CC4CNCCC4N3)CC2)CC1. The quantitative estimate of drug-likeness (QED) is 0.430. The summed E-state index contributed by atoms with van der Waals surface area (Å²) in [4.78, 5) is 12.5. The third-order valence-electron chi connectivity index (χ3n) is 8.53. The van der Waals surface area contributed by atoms with Gasteiger partial charge in [0.1, 0.15) is 0 Å². The van der Waals surface area contributed by atoms with E-state index in [0.717, 1.165) is 90.3 Å². The van der Waals surface area contributed by atoms with Gasteiger partial charge in [-0.3, -0.25) is 4.79 Å². The first-order chi connectivity index (χ1) is 16.0. The van der Waals surface area contributed by atoms with Gasteiger partial charge in [0, 0.05) is 32.8 Å². The number of methoxy groups -OCH3 is 1. The summed E-state index contributed by atoms with van der Waals surface area (Å²) in [5, 5.41) is 9.84. The van der Waals surface area contributed by atoms with Crippen LogP contribution in [-0.4, -0.2) is 81.9 Å². The van der Waals surface area contributed by atoms with Gasteiger partial charge in [-0.1, -0.05) is 12.8 Å². The molecular formula is C24H44N4O4S. The molecular weight excluding hydrogens is 440 g/mol. The molecule has 9 heteroatoms. The summed E-state index contributed by atoms with van der Waals surface area (Å²) in [6, 6.07) is 0.466. The van der Waals surface area contributed by atoms with Crippen molar-refractivity contribution in [1.82, 2.24) is 20.3 Å². The van der Waals surface area contributed by atoms with Gasteiger partial charge in [-0.25, -0.2) is 12.7 Å². The molecule has 4 aliphatic rings. The molecule has 0 aromatic heterocycles. The summed E-state index contributed by atoms with van der Waals surface area (Å²) in [6.45, 7) is 4.14. The lowest BCUT2D eigenvalue weighted by atomic mass is 9.92. The fourth-order valence-electron chi connectivity index (χ4n) is 6.32. The first-order valence-electron chi connectivity index (χ1n) is 13.2. The molecule has 3 unspecified atom stereocenters. The fraction of sp³-hybridized carbons (Fsp3) is 0.958. The minimum absolute atomic E-state index is 0.0317. The third-order valence-corrected chi connectivity index (χ3v) is 10.9. The fourth-order valence-corrected chi connectivity index (χ4v) is 8.33. The monoisotopic (exact) mass is 484 g/mol. The van der Waals surface area contributed by atoms with E-state index in [1.165, 1.54) is 0 Å². The van der Waals surface area contributed by atoms with Gasteiger partial charge < -0.3 is 20.7 Å². The largest absolute Gasteiger partial charge is 0.381 e. The lowest BCUT2D eigenvalue weighted by Gasteiger charge is -2.36. The van der Waals surface area contributed by atoms with Crippen LogP contribution in [0.5, 0.6) is 0 Å². The van der Waals surface area contributed by atoms with Crippen molar-refractivity contribution in [3.05, 3.63) is 0 Å². The minimum Gasteiger partial charge on any atom is -0.381 e. The number of amides is 1. The summed E-state index contributed by atoms with van der Waals surface area (Å²) < 4.78 is 33.2. The highest BCUT2D eigenvalue weighted by atomic mass is 32.2. The molecule has 0 spiro atoms. The van der Waals surface area contributed by atoms with Crippen LogP contribution in [-0.2, 0) is 19.6 Å². The van der Waals surface area contributed by atoms with Gasteiger partial charge in [0.05, 0.1) is 17.4 Å². The number of unbranched alkanes of at least 4 members (excludes halogenated alkanes) is 1.